The quantitative estimate of drug-likeness (QED) is 0.625. The largest absolute Gasteiger partial charge is 0.273 e. The van der Waals surface area contributed by atoms with E-state index in [1.807, 2.05) is 0 Å². The SMILES string of the molecule is O=C(NN=Cc1ccc(Cl)cc1Cl)C12CC3CC(CC(C3)C1)C2. The van der Waals surface area contributed by atoms with Gasteiger partial charge in [0.2, 0.25) is 5.91 Å². The van der Waals surface area contributed by atoms with Gasteiger partial charge in [-0.3, -0.25) is 4.79 Å². The monoisotopic (exact) mass is 350 g/mol. The van der Waals surface area contributed by atoms with Crippen LogP contribution in [0.15, 0.2) is 23.3 Å². The van der Waals surface area contributed by atoms with Crippen molar-refractivity contribution in [1.82, 2.24) is 5.43 Å². The maximum absolute atomic E-state index is 12.7. The van der Waals surface area contributed by atoms with Gasteiger partial charge in [-0.25, -0.2) is 5.43 Å². The molecular weight excluding hydrogens is 331 g/mol. The molecule has 1 amide bonds. The minimum Gasteiger partial charge on any atom is -0.273 e. The number of hydrogen-bond donors (Lipinski definition) is 1. The van der Waals surface area contributed by atoms with Gasteiger partial charge in [-0.1, -0.05) is 29.3 Å². The van der Waals surface area contributed by atoms with Gasteiger partial charge >= 0.3 is 0 Å². The Kier molecular flexibility index (Phi) is 3.89. The van der Waals surface area contributed by atoms with Gasteiger partial charge in [-0.2, -0.15) is 5.10 Å². The van der Waals surface area contributed by atoms with Crippen LogP contribution in [0.3, 0.4) is 0 Å². The molecule has 0 radical (unpaired) electrons. The summed E-state index contributed by atoms with van der Waals surface area (Å²) < 4.78 is 0. The maximum Gasteiger partial charge on any atom is 0.246 e. The van der Waals surface area contributed by atoms with Crippen LogP contribution in [0, 0.1) is 23.2 Å². The molecule has 1 aromatic rings. The fourth-order valence-corrected chi connectivity index (χ4v) is 5.73. The lowest BCUT2D eigenvalue weighted by molar-refractivity contribution is -0.146. The zero-order chi connectivity index (χ0) is 16.0. The van der Waals surface area contributed by atoms with Crippen molar-refractivity contribution in [2.24, 2.45) is 28.3 Å². The summed E-state index contributed by atoms with van der Waals surface area (Å²) in [5.41, 5.74) is 3.35. The molecule has 0 spiro atoms. The van der Waals surface area contributed by atoms with E-state index in [9.17, 15) is 4.79 Å². The summed E-state index contributed by atoms with van der Waals surface area (Å²) in [6.45, 7) is 0. The van der Waals surface area contributed by atoms with Gasteiger partial charge in [0.1, 0.15) is 0 Å². The van der Waals surface area contributed by atoms with E-state index in [1.165, 1.54) is 19.3 Å². The highest BCUT2D eigenvalue weighted by molar-refractivity contribution is 6.36. The molecule has 0 atom stereocenters. The minimum absolute atomic E-state index is 0.0953. The lowest BCUT2D eigenvalue weighted by atomic mass is 9.49. The van der Waals surface area contributed by atoms with Gasteiger partial charge < -0.3 is 0 Å². The van der Waals surface area contributed by atoms with E-state index in [0.29, 0.717) is 10.0 Å². The van der Waals surface area contributed by atoms with Crippen molar-refractivity contribution >= 4 is 35.3 Å². The van der Waals surface area contributed by atoms with Crippen molar-refractivity contribution in [2.45, 2.75) is 38.5 Å². The number of carbonyl (C=O) groups excluding carboxylic acids is 1. The van der Waals surface area contributed by atoms with Crippen molar-refractivity contribution in [3.8, 4) is 0 Å². The summed E-state index contributed by atoms with van der Waals surface area (Å²) in [6.07, 6.45) is 8.71. The molecule has 5 heteroatoms. The van der Waals surface area contributed by atoms with Crippen molar-refractivity contribution in [3.05, 3.63) is 33.8 Å². The van der Waals surface area contributed by atoms with Crippen LogP contribution in [-0.2, 0) is 4.79 Å². The van der Waals surface area contributed by atoms with Crippen LogP contribution < -0.4 is 5.43 Å². The second kappa shape index (κ2) is 5.78. The van der Waals surface area contributed by atoms with E-state index in [-0.39, 0.29) is 11.3 Å². The first-order chi connectivity index (χ1) is 11.0. The molecule has 0 unspecified atom stereocenters. The molecule has 0 saturated heterocycles. The predicted molar refractivity (Wildman–Crippen MR) is 92.8 cm³/mol. The first kappa shape index (κ1) is 15.5. The van der Waals surface area contributed by atoms with Crippen LogP contribution in [0.5, 0.6) is 0 Å². The van der Waals surface area contributed by atoms with E-state index in [4.69, 9.17) is 23.2 Å². The second-order valence-corrected chi connectivity index (χ2v) is 8.41. The minimum atomic E-state index is -0.171. The molecule has 4 saturated carbocycles. The molecule has 23 heavy (non-hydrogen) atoms. The molecule has 4 fully saturated rings. The summed E-state index contributed by atoms with van der Waals surface area (Å²) in [6, 6.07) is 5.23. The molecule has 3 nitrogen and oxygen atoms in total. The Morgan fingerprint density at radius 2 is 1.74 bits per heavy atom. The van der Waals surface area contributed by atoms with E-state index in [1.54, 1.807) is 24.4 Å². The van der Waals surface area contributed by atoms with Crippen molar-refractivity contribution in [1.29, 1.82) is 0 Å². The van der Waals surface area contributed by atoms with Crippen LogP contribution in [-0.4, -0.2) is 12.1 Å². The molecule has 4 aliphatic rings. The standard InChI is InChI=1S/C18H20Cl2N2O/c19-15-2-1-14(16(20)6-15)10-21-22-17(23)18-7-11-3-12(8-18)5-13(4-11)9-18/h1-2,6,10-13H,3-5,7-9H2,(H,22,23). The lowest BCUT2D eigenvalue weighted by Gasteiger charge is -2.55. The van der Waals surface area contributed by atoms with Gasteiger partial charge in [-0.05, 0) is 68.4 Å². The van der Waals surface area contributed by atoms with Gasteiger partial charge in [0.25, 0.3) is 0 Å². The number of hydrogen-bond acceptors (Lipinski definition) is 2. The number of benzene rings is 1. The van der Waals surface area contributed by atoms with Crippen LogP contribution in [0.4, 0.5) is 0 Å². The third kappa shape index (κ3) is 2.89. The number of nitrogens with one attached hydrogen (secondary N) is 1. The smallest absolute Gasteiger partial charge is 0.246 e. The summed E-state index contributed by atoms with van der Waals surface area (Å²) in [5, 5.41) is 5.26. The normalized spacial score (nSPS) is 35.0. The molecule has 122 valence electrons. The molecule has 1 aromatic carbocycles. The van der Waals surface area contributed by atoms with Gasteiger partial charge in [0.05, 0.1) is 16.7 Å². The Morgan fingerprint density at radius 1 is 1.13 bits per heavy atom. The van der Waals surface area contributed by atoms with Crippen LogP contribution >= 0.6 is 23.2 Å². The summed E-state index contributed by atoms with van der Waals surface area (Å²) in [5.74, 6) is 2.35. The molecule has 0 heterocycles. The third-order valence-corrected chi connectivity index (χ3v) is 6.41. The number of nitrogens with zero attached hydrogens (tertiary/aromatic N) is 1. The van der Waals surface area contributed by atoms with Crippen LogP contribution in [0.1, 0.15) is 44.1 Å². The molecule has 5 rings (SSSR count). The average Bonchev–Trinajstić information content (AvgIpc) is 2.48. The van der Waals surface area contributed by atoms with Crippen molar-refractivity contribution < 1.29 is 4.79 Å². The molecule has 0 aliphatic heterocycles. The number of halogens is 2. The molecule has 4 bridgehead atoms. The van der Waals surface area contributed by atoms with Crippen molar-refractivity contribution in [3.63, 3.8) is 0 Å². The molecule has 1 N–H and O–H groups in total. The fourth-order valence-electron chi connectivity index (χ4n) is 5.27. The zero-order valence-corrected chi connectivity index (χ0v) is 14.4. The van der Waals surface area contributed by atoms with Gasteiger partial charge in [0, 0.05) is 10.6 Å². The second-order valence-electron chi connectivity index (χ2n) is 7.56. The Bertz CT molecular complexity index is 636. The van der Waals surface area contributed by atoms with E-state index < -0.39 is 0 Å². The summed E-state index contributed by atoms with van der Waals surface area (Å²) >= 11 is 12.0. The third-order valence-electron chi connectivity index (χ3n) is 5.85. The topological polar surface area (TPSA) is 41.5 Å². The molecule has 0 aromatic heterocycles. The van der Waals surface area contributed by atoms with Crippen LogP contribution in [0.25, 0.3) is 0 Å². The molecular formula is C18H20Cl2N2O. The lowest BCUT2D eigenvalue weighted by Crippen LogP contribution is -2.52. The number of carbonyl (C=O) groups is 1. The van der Waals surface area contributed by atoms with Gasteiger partial charge in [0.15, 0.2) is 0 Å². The summed E-state index contributed by atoms with van der Waals surface area (Å²) in [7, 11) is 0. The Labute approximate surface area is 146 Å². The average molecular weight is 351 g/mol. The highest BCUT2D eigenvalue weighted by atomic mass is 35.5. The van der Waals surface area contributed by atoms with Gasteiger partial charge in [-0.15, -0.1) is 0 Å². The first-order valence-electron chi connectivity index (χ1n) is 8.33. The molecule has 4 aliphatic carbocycles. The number of amides is 1. The van der Waals surface area contributed by atoms with Crippen LogP contribution in [0.2, 0.25) is 10.0 Å². The van der Waals surface area contributed by atoms with E-state index >= 15 is 0 Å². The highest BCUT2D eigenvalue weighted by Crippen LogP contribution is 2.60. The summed E-state index contributed by atoms with van der Waals surface area (Å²) in [4.78, 5) is 12.7. The Morgan fingerprint density at radius 3 is 2.30 bits per heavy atom. The fraction of sp³-hybridized carbons (Fsp3) is 0.556. The Balaban J connectivity index is 1.45. The van der Waals surface area contributed by atoms with E-state index in [2.05, 4.69) is 10.5 Å². The maximum atomic E-state index is 12.7. The van der Waals surface area contributed by atoms with E-state index in [0.717, 1.165) is 42.6 Å². The predicted octanol–water partition coefficient (Wildman–Crippen LogP) is 4.66. The highest BCUT2D eigenvalue weighted by Gasteiger charge is 2.54. The number of hydrazone groups is 1. The first-order valence-corrected chi connectivity index (χ1v) is 9.08. The van der Waals surface area contributed by atoms with Crippen molar-refractivity contribution in [2.75, 3.05) is 0 Å². The number of rotatable bonds is 3. The Hall–Kier alpha value is -1.06. The zero-order valence-electron chi connectivity index (χ0n) is 12.9.